The van der Waals surface area contributed by atoms with Crippen LogP contribution in [0.2, 0.25) is 0 Å². The molecule has 0 rings (SSSR count). The maximum atomic E-state index is 8.89. The Labute approximate surface area is 104 Å². The van der Waals surface area contributed by atoms with E-state index < -0.39 is 11.9 Å². The van der Waals surface area contributed by atoms with Crippen molar-refractivity contribution in [2.75, 3.05) is 13.2 Å². The van der Waals surface area contributed by atoms with Gasteiger partial charge in [-0.1, -0.05) is 26.7 Å². The minimum absolute atomic E-state index is 0.955. The van der Waals surface area contributed by atoms with E-state index >= 15 is 0 Å². The minimum atomic E-state index is -1.08. The Kier molecular flexibility index (Phi) is 25.4. The lowest BCUT2D eigenvalue weighted by Gasteiger charge is -1.99. The van der Waals surface area contributed by atoms with Crippen LogP contribution in [0.3, 0.4) is 0 Å². The summed E-state index contributed by atoms with van der Waals surface area (Å²) in [5.41, 5.74) is 0. The van der Waals surface area contributed by atoms with E-state index in [0.717, 1.165) is 27.1 Å². The molecule has 0 amide bonds. The highest BCUT2D eigenvalue weighted by Crippen LogP contribution is 1.91. The third kappa shape index (κ3) is 103. The predicted molar refractivity (Wildman–Crippen MR) is 62.0 cm³/mol. The smallest absolute Gasteiger partial charge is 0.0465 e. The molecule has 0 heterocycles. The molecule has 0 aromatic rings. The maximum Gasteiger partial charge on any atom is 0.0465 e. The third-order valence-electron chi connectivity index (χ3n) is 1.28. The molecular formula is C12H24O5-2. The highest BCUT2D eigenvalue weighted by molar-refractivity contribution is 5.60. The summed E-state index contributed by atoms with van der Waals surface area (Å²) in [6.45, 7) is 8.22. The normalized spacial score (nSPS) is 8.24. The van der Waals surface area contributed by atoms with Gasteiger partial charge in [0.2, 0.25) is 0 Å². The van der Waals surface area contributed by atoms with Gasteiger partial charge in [-0.05, 0) is 26.7 Å². The highest BCUT2D eigenvalue weighted by atomic mass is 16.5. The first-order valence-electron chi connectivity index (χ1n) is 5.81. The van der Waals surface area contributed by atoms with Gasteiger partial charge in [0.05, 0.1) is 0 Å². The lowest BCUT2D eigenvalue weighted by atomic mass is 10.3. The van der Waals surface area contributed by atoms with Gasteiger partial charge in [0.25, 0.3) is 0 Å². The minimum Gasteiger partial charge on any atom is -0.550 e. The van der Waals surface area contributed by atoms with Crippen molar-refractivity contribution in [3.05, 3.63) is 0 Å². The molecule has 0 fully saturated rings. The number of hydrogen-bond acceptors (Lipinski definition) is 5. The Morgan fingerprint density at radius 1 is 0.882 bits per heavy atom. The second-order valence-corrected chi connectivity index (χ2v) is 3.30. The molecular weight excluding hydrogens is 224 g/mol. The van der Waals surface area contributed by atoms with Gasteiger partial charge in [-0.15, -0.1) is 0 Å². The van der Waals surface area contributed by atoms with E-state index in [1.165, 1.54) is 25.7 Å². The van der Waals surface area contributed by atoms with Crippen LogP contribution in [0.4, 0.5) is 0 Å². The number of carboxylic acid groups (broad SMARTS) is 2. The molecule has 0 unspecified atom stereocenters. The largest absolute Gasteiger partial charge is 0.550 e. The average Bonchev–Trinajstić information content (AvgIpc) is 2.16. The fourth-order valence-corrected chi connectivity index (χ4v) is 0.595. The molecule has 0 N–H and O–H groups in total. The third-order valence-corrected chi connectivity index (χ3v) is 1.28. The Morgan fingerprint density at radius 3 is 1.29 bits per heavy atom. The molecule has 0 saturated heterocycles. The molecule has 104 valence electrons. The van der Waals surface area contributed by atoms with Crippen LogP contribution in [0.15, 0.2) is 0 Å². The van der Waals surface area contributed by atoms with Crippen LogP contribution in [0.5, 0.6) is 0 Å². The van der Waals surface area contributed by atoms with Gasteiger partial charge >= 0.3 is 0 Å². The molecule has 0 saturated carbocycles. The standard InChI is InChI=1S/C8H18O.2C2H4O2/c1-3-5-7-9-8-6-4-2;2*1-2(3)4/h3-8H2,1-2H3;2*1H3,(H,3,4)/p-2. The zero-order valence-electron chi connectivity index (χ0n) is 11.3. The lowest BCUT2D eigenvalue weighted by molar-refractivity contribution is -0.303. The number of rotatable bonds is 6. The van der Waals surface area contributed by atoms with Gasteiger partial charge in [0.1, 0.15) is 0 Å². The molecule has 0 aromatic carbocycles. The Bertz CT molecular complexity index is 142. The van der Waals surface area contributed by atoms with E-state index in [0.29, 0.717) is 0 Å². The summed E-state index contributed by atoms with van der Waals surface area (Å²) < 4.78 is 5.31. The Balaban J connectivity index is -0.000000205. The number of ether oxygens (including phenoxy) is 1. The van der Waals surface area contributed by atoms with Crippen molar-refractivity contribution in [3.8, 4) is 0 Å². The van der Waals surface area contributed by atoms with Crippen molar-refractivity contribution in [2.45, 2.75) is 53.4 Å². The first-order chi connectivity index (χ1) is 7.88. The molecule has 0 aliphatic rings. The molecule has 0 bridgehead atoms. The van der Waals surface area contributed by atoms with Crippen molar-refractivity contribution in [3.63, 3.8) is 0 Å². The monoisotopic (exact) mass is 248 g/mol. The van der Waals surface area contributed by atoms with Crippen molar-refractivity contribution < 1.29 is 24.5 Å². The zero-order valence-corrected chi connectivity index (χ0v) is 11.3. The fraction of sp³-hybridized carbons (Fsp3) is 0.833. The van der Waals surface area contributed by atoms with Crippen LogP contribution in [-0.2, 0) is 14.3 Å². The Morgan fingerprint density at radius 2 is 1.12 bits per heavy atom. The van der Waals surface area contributed by atoms with Crippen molar-refractivity contribution in [1.29, 1.82) is 0 Å². The van der Waals surface area contributed by atoms with Crippen LogP contribution < -0.4 is 10.2 Å². The highest BCUT2D eigenvalue weighted by Gasteiger charge is 1.84. The molecule has 5 heteroatoms. The van der Waals surface area contributed by atoms with E-state index in [2.05, 4.69) is 13.8 Å². The van der Waals surface area contributed by atoms with Crippen LogP contribution >= 0.6 is 0 Å². The van der Waals surface area contributed by atoms with Crippen molar-refractivity contribution in [1.82, 2.24) is 0 Å². The number of carboxylic acids is 2. The van der Waals surface area contributed by atoms with Gasteiger partial charge in [-0.25, -0.2) is 0 Å². The molecule has 0 aromatic heterocycles. The van der Waals surface area contributed by atoms with Crippen LogP contribution in [0.25, 0.3) is 0 Å². The van der Waals surface area contributed by atoms with Gasteiger partial charge in [0.15, 0.2) is 0 Å². The summed E-state index contributed by atoms with van der Waals surface area (Å²) in [5, 5.41) is 17.8. The van der Waals surface area contributed by atoms with E-state index in [4.69, 9.17) is 24.5 Å². The topological polar surface area (TPSA) is 89.5 Å². The van der Waals surface area contributed by atoms with Crippen molar-refractivity contribution >= 4 is 11.9 Å². The molecule has 17 heavy (non-hydrogen) atoms. The fourth-order valence-electron chi connectivity index (χ4n) is 0.595. The summed E-state index contributed by atoms with van der Waals surface area (Å²) in [7, 11) is 0. The molecule has 0 radical (unpaired) electrons. The van der Waals surface area contributed by atoms with Crippen LogP contribution in [-0.4, -0.2) is 25.2 Å². The molecule has 0 aliphatic carbocycles. The van der Waals surface area contributed by atoms with E-state index in [9.17, 15) is 0 Å². The predicted octanol–water partition coefficient (Wildman–Crippen LogP) is 0.116. The second kappa shape index (κ2) is 20.3. The molecule has 0 atom stereocenters. The number of aliphatic carboxylic acids is 2. The summed E-state index contributed by atoms with van der Waals surface area (Å²) >= 11 is 0. The number of carbonyl (C=O) groups excluding carboxylic acids is 2. The van der Waals surface area contributed by atoms with Crippen molar-refractivity contribution in [2.24, 2.45) is 0 Å². The number of carbonyl (C=O) groups is 2. The van der Waals surface area contributed by atoms with E-state index in [1.807, 2.05) is 0 Å². The first-order valence-corrected chi connectivity index (χ1v) is 5.81. The molecule has 5 nitrogen and oxygen atoms in total. The lowest BCUT2D eigenvalue weighted by Crippen LogP contribution is -2.16. The van der Waals surface area contributed by atoms with E-state index in [-0.39, 0.29) is 0 Å². The zero-order chi connectivity index (χ0) is 14.1. The summed E-state index contributed by atoms with van der Waals surface area (Å²) in [5.74, 6) is -2.17. The van der Waals surface area contributed by atoms with Gasteiger partial charge in [-0.2, -0.15) is 0 Å². The Hall–Kier alpha value is -1.10. The van der Waals surface area contributed by atoms with Gasteiger partial charge in [0, 0.05) is 25.2 Å². The summed E-state index contributed by atoms with van der Waals surface area (Å²) in [6.07, 6.45) is 4.91. The van der Waals surface area contributed by atoms with Gasteiger partial charge < -0.3 is 24.5 Å². The molecule has 0 spiro atoms. The quantitative estimate of drug-likeness (QED) is 0.623. The van der Waals surface area contributed by atoms with Gasteiger partial charge in [-0.3, -0.25) is 0 Å². The first kappa shape index (κ1) is 21.2. The number of hydrogen-bond donors (Lipinski definition) is 0. The molecule has 0 aliphatic heterocycles. The second-order valence-electron chi connectivity index (χ2n) is 3.30. The summed E-state index contributed by atoms with van der Waals surface area (Å²) in [4.78, 5) is 17.8. The summed E-state index contributed by atoms with van der Waals surface area (Å²) in [6, 6.07) is 0. The van der Waals surface area contributed by atoms with Crippen LogP contribution in [0.1, 0.15) is 53.4 Å². The average molecular weight is 248 g/mol. The number of unbranched alkanes of at least 4 members (excludes halogenated alkanes) is 2. The van der Waals surface area contributed by atoms with E-state index in [1.54, 1.807) is 0 Å². The maximum absolute atomic E-state index is 8.89. The SMILES string of the molecule is CC(=O)[O-].CC(=O)[O-].CCCCOCCCC. The van der Waals surface area contributed by atoms with Crippen LogP contribution in [0, 0.1) is 0 Å².